The third kappa shape index (κ3) is 0.497. The normalized spacial score (nSPS) is 47.9. The third-order valence-electron chi connectivity index (χ3n) is 2.99. The topological polar surface area (TPSA) is 0 Å². The summed E-state index contributed by atoms with van der Waals surface area (Å²) < 4.78 is 0. The van der Waals surface area contributed by atoms with Crippen molar-refractivity contribution in [3.8, 4) is 0 Å². The molecule has 0 aromatic carbocycles. The highest BCUT2D eigenvalue weighted by Gasteiger charge is 2.46. The lowest BCUT2D eigenvalue weighted by molar-refractivity contribution is 0.511. The zero-order chi connectivity index (χ0) is 6.72. The van der Waals surface area contributed by atoms with Gasteiger partial charge in [0, 0.05) is 11.0 Å². The highest BCUT2D eigenvalue weighted by Crippen LogP contribution is 2.58. The maximum absolute atomic E-state index is 6.13. The van der Waals surface area contributed by atoms with Crippen molar-refractivity contribution in [3.05, 3.63) is 22.8 Å². The van der Waals surface area contributed by atoms with Gasteiger partial charge in [-0.1, -0.05) is 29.3 Å². The largest absolute Gasteiger partial charge is 0.0885 e. The summed E-state index contributed by atoms with van der Waals surface area (Å²) in [7, 11) is 0. The van der Waals surface area contributed by atoms with Gasteiger partial charge in [-0.15, -0.1) is 0 Å². The van der Waals surface area contributed by atoms with Gasteiger partial charge in [0.25, 0.3) is 0 Å². The smallest absolute Gasteiger partial charge is 0.0245 e. The molecule has 0 radical (unpaired) electrons. The van der Waals surface area contributed by atoms with Crippen LogP contribution in [0.25, 0.3) is 0 Å². The molecule has 0 amide bonds. The molecule has 3 aliphatic rings. The van der Waals surface area contributed by atoms with Gasteiger partial charge < -0.3 is 0 Å². The van der Waals surface area contributed by atoms with Gasteiger partial charge in [0.15, 0.2) is 0 Å². The molecular weight excluding hydrogens is 144 g/mol. The number of hydrogen-bond donors (Lipinski definition) is 0. The van der Waals surface area contributed by atoms with E-state index >= 15 is 0 Å². The van der Waals surface area contributed by atoms with Crippen LogP contribution < -0.4 is 0 Å². The van der Waals surface area contributed by atoms with Crippen molar-refractivity contribution in [1.29, 1.82) is 0 Å². The Balaban J connectivity index is 2.14. The first kappa shape index (κ1) is 5.42. The zero-order valence-electron chi connectivity index (χ0n) is 5.68. The van der Waals surface area contributed by atoms with Gasteiger partial charge in [0.05, 0.1) is 0 Å². The molecule has 52 valence electrons. The second-order valence-electron chi connectivity index (χ2n) is 3.57. The average Bonchev–Trinajstić information content (AvgIpc) is 2.61. The number of fused-ring (bicyclic) bond motifs is 4. The van der Waals surface area contributed by atoms with Gasteiger partial charge in [-0.2, -0.15) is 0 Å². The Labute approximate surface area is 65.6 Å². The van der Waals surface area contributed by atoms with Crippen LogP contribution in [0.5, 0.6) is 0 Å². The Morgan fingerprint density at radius 1 is 1.40 bits per heavy atom. The second-order valence-corrected chi connectivity index (χ2v) is 3.98. The monoisotopic (exact) mass is 152 g/mol. The Bertz CT molecular complexity index is 249. The van der Waals surface area contributed by atoms with Gasteiger partial charge >= 0.3 is 0 Å². The SMILES string of the molecule is ClC1=C2C[C@@H]2[C@@H]2C=C[C@H]1C2. The molecule has 2 bridgehead atoms. The molecule has 0 saturated heterocycles. The van der Waals surface area contributed by atoms with Crippen LogP contribution in [0.15, 0.2) is 22.8 Å². The molecule has 0 N–H and O–H groups in total. The van der Waals surface area contributed by atoms with Gasteiger partial charge in [0.2, 0.25) is 0 Å². The van der Waals surface area contributed by atoms with E-state index in [-0.39, 0.29) is 0 Å². The zero-order valence-corrected chi connectivity index (χ0v) is 6.43. The van der Waals surface area contributed by atoms with Crippen LogP contribution in [0.2, 0.25) is 0 Å². The molecule has 1 fully saturated rings. The summed E-state index contributed by atoms with van der Waals surface area (Å²) in [6.45, 7) is 0. The first-order valence-corrected chi connectivity index (χ1v) is 4.31. The molecule has 0 spiro atoms. The summed E-state index contributed by atoms with van der Waals surface area (Å²) in [4.78, 5) is 0. The molecule has 3 aliphatic carbocycles. The molecular formula is C9H9Cl. The van der Waals surface area contributed by atoms with E-state index in [1.54, 1.807) is 5.57 Å². The quantitative estimate of drug-likeness (QED) is 0.469. The van der Waals surface area contributed by atoms with Crippen LogP contribution in [0.4, 0.5) is 0 Å². The van der Waals surface area contributed by atoms with Crippen LogP contribution in [0.3, 0.4) is 0 Å². The molecule has 10 heavy (non-hydrogen) atoms. The van der Waals surface area contributed by atoms with Crippen LogP contribution in [0.1, 0.15) is 12.8 Å². The molecule has 1 heteroatoms. The summed E-state index contributed by atoms with van der Waals surface area (Å²) in [6, 6.07) is 0. The Morgan fingerprint density at radius 3 is 3.20 bits per heavy atom. The fourth-order valence-corrected chi connectivity index (χ4v) is 2.69. The molecule has 0 aromatic heterocycles. The van der Waals surface area contributed by atoms with E-state index in [0.717, 1.165) is 11.8 Å². The van der Waals surface area contributed by atoms with Crippen molar-refractivity contribution in [2.45, 2.75) is 12.8 Å². The lowest BCUT2D eigenvalue weighted by atomic mass is 9.94. The van der Waals surface area contributed by atoms with Gasteiger partial charge in [0.1, 0.15) is 0 Å². The summed E-state index contributed by atoms with van der Waals surface area (Å²) in [5.41, 5.74) is 1.56. The molecule has 0 nitrogen and oxygen atoms in total. The van der Waals surface area contributed by atoms with Crippen LogP contribution in [-0.2, 0) is 0 Å². The highest BCUT2D eigenvalue weighted by molar-refractivity contribution is 6.30. The minimum absolute atomic E-state index is 0.611. The molecule has 0 aliphatic heterocycles. The number of halogens is 1. The van der Waals surface area contributed by atoms with Crippen molar-refractivity contribution in [1.82, 2.24) is 0 Å². The maximum Gasteiger partial charge on any atom is 0.0245 e. The van der Waals surface area contributed by atoms with Crippen LogP contribution in [0, 0.1) is 17.8 Å². The van der Waals surface area contributed by atoms with E-state index in [1.807, 2.05) is 0 Å². The summed E-state index contributed by atoms with van der Waals surface area (Å²) in [6.07, 6.45) is 7.24. The minimum atomic E-state index is 0.611. The summed E-state index contributed by atoms with van der Waals surface area (Å²) >= 11 is 6.13. The predicted octanol–water partition coefficient (Wildman–Crippen LogP) is 2.71. The molecule has 0 aromatic rings. The highest BCUT2D eigenvalue weighted by atomic mass is 35.5. The third-order valence-corrected chi connectivity index (χ3v) is 3.52. The van der Waals surface area contributed by atoms with Gasteiger partial charge in [-0.3, -0.25) is 0 Å². The van der Waals surface area contributed by atoms with Crippen molar-refractivity contribution in [2.75, 3.05) is 0 Å². The van der Waals surface area contributed by atoms with Crippen molar-refractivity contribution in [2.24, 2.45) is 17.8 Å². The van der Waals surface area contributed by atoms with Crippen molar-refractivity contribution in [3.63, 3.8) is 0 Å². The molecule has 1 saturated carbocycles. The van der Waals surface area contributed by atoms with E-state index in [2.05, 4.69) is 12.2 Å². The predicted molar refractivity (Wildman–Crippen MR) is 41.7 cm³/mol. The molecule has 0 unspecified atom stereocenters. The van der Waals surface area contributed by atoms with E-state index in [0.29, 0.717) is 5.92 Å². The number of rotatable bonds is 0. The van der Waals surface area contributed by atoms with Crippen molar-refractivity contribution >= 4 is 11.6 Å². The Hall–Kier alpha value is -0.230. The number of hydrogen-bond acceptors (Lipinski definition) is 0. The van der Waals surface area contributed by atoms with Gasteiger partial charge in [-0.25, -0.2) is 0 Å². The minimum Gasteiger partial charge on any atom is -0.0885 e. The van der Waals surface area contributed by atoms with E-state index < -0.39 is 0 Å². The lowest BCUT2D eigenvalue weighted by Gasteiger charge is -2.14. The van der Waals surface area contributed by atoms with E-state index in [9.17, 15) is 0 Å². The summed E-state index contributed by atoms with van der Waals surface area (Å²) in [5.74, 6) is 2.34. The maximum atomic E-state index is 6.13. The number of allylic oxidation sites excluding steroid dienone is 4. The Kier molecular flexibility index (Phi) is 0.815. The van der Waals surface area contributed by atoms with Gasteiger partial charge in [-0.05, 0) is 24.7 Å². The van der Waals surface area contributed by atoms with Crippen LogP contribution in [-0.4, -0.2) is 0 Å². The summed E-state index contributed by atoms with van der Waals surface area (Å²) in [5, 5.41) is 1.18. The first-order chi connectivity index (χ1) is 4.86. The standard InChI is InChI=1S/C9H9Cl/c10-9-6-2-1-5(3-6)7-4-8(7)9/h1-2,5-7H,3-4H2/t5-,6+,7-/m1/s1. The second kappa shape index (κ2) is 1.50. The van der Waals surface area contributed by atoms with E-state index in [1.165, 1.54) is 17.9 Å². The van der Waals surface area contributed by atoms with E-state index in [4.69, 9.17) is 11.6 Å². The van der Waals surface area contributed by atoms with Crippen molar-refractivity contribution < 1.29 is 0 Å². The van der Waals surface area contributed by atoms with Crippen LogP contribution >= 0.6 is 11.6 Å². The first-order valence-electron chi connectivity index (χ1n) is 3.93. The fourth-order valence-electron chi connectivity index (χ4n) is 2.31. The lowest BCUT2D eigenvalue weighted by Crippen LogP contribution is -2.05. The average molecular weight is 153 g/mol. The molecule has 0 heterocycles. The molecule has 3 atom stereocenters. The fraction of sp³-hybridized carbons (Fsp3) is 0.556. The molecule has 3 rings (SSSR count). The Morgan fingerprint density at radius 2 is 2.30 bits per heavy atom.